The number of carbonyl (C=O) groups is 1. The monoisotopic (exact) mass is 346 g/mol. The van der Waals surface area contributed by atoms with Gasteiger partial charge in [-0.1, -0.05) is 18.2 Å². The Kier molecular flexibility index (Phi) is 5.82. The van der Waals surface area contributed by atoms with Crippen molar-refractivity contribution in [1.29, 1.82) is 0 Å². The van der Waals surface area contributed by atoms with Gasteiger partial charge in [0, 0.05) is 23.7 Å². The summed E-state index contributed by atoms with van der Waals surface area (Å²) in [5.41, 5.74) is 1.23. The van der Waals surface area contributed by atoms with Crippen LogP contribution in [0, 0.1) is 22.9 Å². The molecule has 2 aromatic carbocycles. The van der Waals surface area contributed by atoms with Crippen molar-refractivity contribution in [3.8, 4) is 0 Å². The van der Waals surface area contributed by atoms with Crippen molar-refractivity contribution in [2.24, 2.45) is 0 Å². The maximum Gasteiger partial charge on any atom is 0.270 e. The summed E-state index contributed by atoms with van der Waals surface area (Å²) < 4.78 is 12.9. The second-order valence-corrected chi connectivity index (χ2v) is 5.93. The second-order valence-electron chi connectivity index (χ2n) is 5.93. The molecule has 6 nitrogen and oxygen atoms in total. The molecule has 0 heterocycles. The van der Waals surface area contributed by atoms with E-state index in [0.29, 0.717) is 11.1 Å². The van der Waals surface area contributed by atoms with Gasteiger partial charge in [-0.3, -0.25) is 14.9 Å². The van der Waals surface area contributed by atoms with E-state index in [2.05, 4.69) is 5.32 Å². The number of nitro benzene ring substituents is 1. The number of amides is 1. The van der Waals surface area contributed by atoms with E-state index in [1.54, 1.807) is 13.8 Å². The maximum atomic E-state index is 12.9. The molecule has 0 fully saturated rings. The van der Waals surface area contributed by atoms with Crippen molar-refractivity contribution < 1.29 is 19.2 Å². The number of nitrogens with zero attached hydrogens (tertiary/aromatic N) is 1. The van der Waals surface area contributed by atoms with Gasteiger partial charge in [-0.05, 0) is 43.5 Å². The Morgan fingerprint density at radius 3 is 2.52 bits per heavy atom. The number of rotatable bonds is 6. The zero-order chi connectivity index (χ0) is 18.6. The lowest BCUT2D eigenvalue weighted by atomic mass is 10.0. The minimum Gasteiger partial charge on any atom is -0.388 e. The Morgan fingerprint density at radius 1 is 1.28 bits per heavy atom. The standard InChI is InChI=1S/C18H19FN2O4/c1-11-3-8-15(21(24)25)10-16(11)18(23)20-12(2)9-17(22)13-4-6-14(19)7-5-13/h3-8,10,12,17,22H,9H2,1-2H3,(H,20,23). The first-order chi connectivity index (χ1) is 11.8. The Hall–Kier alpha value is -2.80. The first-order valence-corrected chi connectivity index (χ1v) is 7.77. The summed E-state index contributed by atoms with van der Waals surface area (Å²) in [5, 5.41) is 23.7. The molecule has 25 heavy (non-hydrogen) atoms. The Balaban J connectivity index is 2.03. The quantitative estimate of drug-likeness (QED) is 0.620. The predicted octanol–water partition coefficient (Wildman–Crippen LogP) is 3.28. The number of nitrogens with one attached hydrogen (secondary N) is 1. The summed E-state index contributed by atoms with van der Waals surface area (Å²) in [4.78, 5) is 22.6. The summed E-state index contributed by atoms with van der Waals surface area (Å²) in [7, 11) is 0. The van der Waals surface area contributed by atoms with Crippen LogP contribution in [0.3, 0.4) is 0 Å². The van der Waals surface area contributed by atoms with Crippen LogP contribution in [0.25, 0.3) is 0 Å². The Labute approximate surface area is 144 Å². The van der Waals surface area contributed by atoms with Crippen LogP contribution in [-0.2, 0) is 0 Å². The molecule has 0 spiro atoms. The van der Waals surface area contributed by atoms with Crippen molar-refractivity contribution in [3.05, 3.63) is 75.1 Å². The molecule has 1 amide bonds. The van der Waals surface area contributed by atoms with Gasteiger partial charge in [0.15, 0.2) is 0 Å². The number of aliphatic hydroxyl groups is 1. The number of benzene rings is 2. The molecule has 7 heteroatoms. The van der Waals surface area contributed by atoms with Crippen molar-refractivity contribution >= 4 is 11.6 Å². The molecule has 2 rings (SSSR count). The number of hydrogen-bond donors (Lipinski definition) is 2. The summed E-state index contributed by atoms with van der Waals surface area (Å²) in [6, 6.07) is 9.19. The van der Waals surface area contributed by atoms with E-state index in [0.717, 1.165) is 0 Å². The minimum atomic E-state index is -0.859. The molecule has 132 valence electrons. The highest BCUT2D eigenvalue weighted by Crippen LogP contribution is 2.20. The number of aliphatic hydroxyl groups excluding tert-OH is 1. The van der Waals surface area contributed by atoms with Gasteiger partial charge in [-0.2, -0.15) is 0 Å². The molecule has 0 radical (unpaired) electrons. The molecule has 0 aliphatic carbocycles. The van der Waals surface area contributed by atoms with E-state index < -0.39 is 22.8 Å². The van der Waals surface area contributed by atoms with Gasteiger partial charge in [-0.25, -0.2) is 4.39 Å². The van der Waals surface area contributed by atoms with Crippen molar-refractivity contribution in [3.63, 3.8) is 0 Å². The van der Waals surface area contributed by atoms with Gasteiger partial charge in [0.05, 0.1) is 11.0 Å². The van der Waals surface area contributed by atoms with E-state index in [9.17, 15) is 24.4 Å². The largest absolute Gasteiger partial charge is 0.388 e. The minimum absolute atomic E-state index is 0.158. The Morgan fingerprint density at radius 2 is 1.92 bits per heavy atom. The van der Waals surface area contributed by atoms with Gasteiger partial charge < -0.3 is 10.4 Å². The highest BCUT2D eigenvalue weighted by Gasteiger charge is 2.18. The van der Waals surface area contributed by atoms with Crippen LogP contribution >= 0.6 is 0 Å². The first kappa shape index (κ1) is 18.5. The summed E-state index contributed by atoms with van der Waals surface area (Å²) in [6.07, 6.45) is -0.632. The third-order valence-electron chi connectivity index (χ3n) is 3.89. The van der Waals surface area contributed by atoms with Gasteiger partial charge in [0.2, 0.25) is 0 Å². The van der Waals surface area contributed by atoms with Crippen molar-refractivity contribution in [2.75, 3.05) is 0 Å². The third kappa shape index (κ3) is 4.84. The highest BCUT2D eigenvalue weighted by molar-refractivity contribution is 5.96. The van der Waals surface area contributed by atoms with E-state index >= 15 is 0 Å². The molecular formula is C18H19FN2O4. The SMILES string of the molecule is Cc1ccc([N+](=O)[O-])cc1C(=O)NC(C)CC(O)c1ccc(F)cc1. The third-order valence-corrected chi connectivity index (χ3v) is 3.89. The number of carbonyl (C=O) groups excluding carboxylic acids is 1. The van der Waals surface area contributed by atoms with Crippen molar-refractivity contribution in [1.82, 2.24) is 5.32 Å². The zero-order valence-corrected chi connectivity index (χ0v) is 13.9. The number of hydrogen-bond acceptors (Lipinski definition) is 4. The van der Waals surface area contributed by atoms with Gasteiger partial charge in [-0.15, -0.1) is 0 Å². The molecular weight excluding hydrogens is 327 g/mol. The van der Waals surface area contributed by atoms with E-state index in [-0.39, 0.29) is 23.7 Å². The smallest absolute Gasteiger partial charge is 0.270 e. The predicted molar refractivity (Wildman–Crippen MR) is 90.7 cm³/mol. The maximum absolute atomic E-state index is 12.9. The lowest BCUT2D eigenvalue weighted by Gasteiger charge is -2.19. The first-order valence-electron chi connectivity index (χ1n) is 7.77. The summed E-state index contributed by atoms with van der Waals surface area (Å²) in [5.74, 6) is -0.835. The lowest BCUT2D eigenvalue weighted by Crippen LogP contribution is -2.34. The topological polar surface area (TPSA) is 92.5 Å². The van der Waals surface area contributed by atoms with Crippen LogP contribution in [0.2, 0.25) is 0 Å². The van der Waals surface area contributed by atoms with Gasteiger partial charge >= 0.3 is 0 Å². The molecule has 0 bridgehead atoms. The number of halogens is 1. The lowest BCUT2D eigenvalue weighted by molar-refractivity contribution is -0.384. The fraction of sp³-hybridized carbons (Fsp3) is 0.278. The van der Waals surface area contributed by atoms with E-state index in [4.69, 9.17) is 0 Å². The zero-order valence-electron chi connectivity index (χ0n) is 13.9. The van der Waals surface area contributed by atoms with Crippen LogP contribution in [0.15, 0.2) is 42.5 Å². The van der Waals surface area contributed by atoms with Crippen LogP contribution in [0.1, 0.15) is 40.9 Å². The van der Waals surface area contributed by atoms with Crippen LogP contribution in [-0.4, -0.2) is 22.0 Å². The average molecular weight is 346 g/mol. The molecule has 0 saturated carbocycles. The summed E-state index contributed by atoms with van der Waals surface area (Å²) >= 11 is 0. The number of nitro groups is 1. The number of non-ortho nitro benzene ring substituents is 1. The average Bonchev–Trinajstić information content (AvgIpc) is 2.55. The van der Waals surface area contributed by atoms with Gasteiger partial charge in [0.25, 0.3) is 11.6 Å². The molecule has 2 unspecified atom stereocenters. The summed E-state index contributed by atoms with van der Waals surface area (Å²) in [6.45, 7) is 3.41. The molecule has 0 aromatic heterocycles. The van der Waals surface area contributed by atoms with E-state index in [1.807, 2.05) is 0 Å². The van der Waals surface area contributed by atoms with Crippen LogP contribution in [0.5, 0.6) is 0 Å². The molecule has 0 aliphatic rings. The molecule has 2 atom stereocenters. The van der Waals surface area contributed by atoms with Gasteiger partial charge in [0.1, 0.15) is 5.82 Å². The van der Waals surface area contributed by atoms with Crippen LogP contribution in [0.4, 0.5) is 10.1 Å². The molecule has 2 N–H and O–H groups in total. The fourth-order valence-corrected chi connectivity index (χ4v) is 2.48. The molecule has 0 aliphatic heterocycles. The highest BCUT2D eigenvalue weighted by atomic mass is 19.1. The fourth-order valence-electron chi connectivity index (χ4n) is 2.48. The molecule has 2 aromatic rings. The molecule has 0 saturated heterocycles. The second kappa shape index (κ2) is 7.85. The normalized spacial score (nSPS) is 13.1. The Bertz CT molecular complexity index is 777. The van der Waals surface area contributed by atoms with Crippen molar-refractivity contribution in [2.45, 2.75) is 32.4 Å². The van der Waals surface area contributed by atoms with E-state index in [1.165, 1.54) is 42.5 Å². The number of aryl methyl sites for hydroxylation is 1. The van der Waals surface area contributed by atoms with Crippen LogP contribution < -0.4 is 5.32 Å².